The average Bonchev–Trinajstić information content (AvgIpc) is 2.42. The van der Waals surface area contributed by atoms with Gasteiger partial charge in [-0.3, -0.25) is 0 Å². The van der Waals surface area contributed by atoms with Gasteiger partial charge in [-0.15, -0.1) is 0 Å². The standard InChI is InChI=1S/C12H15N3O3Se/c1-7-10(16)11(17)9(14-15-13)12(18-7)19-8-5-3-2-4-6-8/h2-7,9-12,16-17H,1H3/t7-,9-,10-,11-,12-/m1/s1. The predicted octanol–water partition coefficient (Wildman–Crippen LogP) is 0.162. The third-order valence-corrected chi connectivity index (χ3v) is 5.44. The SMILES string of the molecule is C[C@H]1O[C@H]([Se]c2ccccc2)[C@H](N=[N+]=[N-])[C@@H](O)[C@@H]1O. The van der Waals surface area contributed by atoms with Crippen molar-refractivity contribution >= 4 is 19.4 Å². The van der Waals surface area contributed by atoms with E-state index in [1.165, 1.54) is 0 Å². The van der Waals surface area contributed by atoms with Gasteiger partial charge in [0.15, 0.2) is 0 Å². The van der Waals surface area contributed by atoms with E-state index >= 15 is 0 Å². The van der Waals surface area contributed by atoms with Crippen molar-refractivity contribution in [1.29, 1.82) is 0 Å². The summed E-state index contributed by atoms with van der Waals surface area (Å²) in [7, 11) is 0. The molecule has 0 bridgehead atoms. The number of nitrogens with zero attached hydrogens (tertiary/aromatic N) is 3. The first kappa shape index (κ1) is 14.3. The van der Waals surface area contributed by atoms with Gasteiger partial charge in [-0.2, -0.15) is 0 Å². The first-order chi connectivity index (χ1) is 9.13. The van der Waals surface area contributed by atoms with E-state index in [-0.39, 0.29) is 20.0 Å². The molecule has 1 aliphatic rings. The molecule has 1 aromatic carbocycles. The molecule has 6 nitrogen and oxygen atoms in total. The molecule has 1 heterocycles. The average molecular weight is 328 g/mol. The van der Waals surface area contributed by atoms with Crippen molar-refractivity contribution in [2.75, 3.05) is 0 Å². The van der Waals surface area contributed by atoms with Gasteiger partial charge in [0.1, 0.15) is 0 Å². The quantitative estimate of drug-likeness (QED) is 0.358. The molecular formula is C12H15N3O3Se. The van der Waals surface area contributed by atoms with Crippen molar-refractivity contribution in [2.24, 2.45) is 5.11 Å². The van der Waals surface area contributed by atoms with Gasteiger partial charge in [-0.1, -0.05) is 0 Å². The van der Waals surface area contributed by atoms with Gasteiger partial charge in [0.05, 0.1) is 0 Å². The van der Waals surface area contributed by atoms with Gasteiger partial charge >= 0.3 is 117 Å². The van der Waals surface area contributed by atoms with Crippen molar-refractivity contribution in [3.05, 3.63) is 40.8 Å². The fourth-order valence-corrected chi connectivity index (χ4v) is 4.38. The minimum absolute atomic E-state index is 0.102. The molecule has 2 rings (SSSR count). The van der Waals surface area contributed by atoms with Crippen molar-refractivity contribution in [2.45, 2.75) is 36.3 Å². The Labute approximate surface area is 117 Å². The number of azide groups is 1. The van der Waals surface area contributed by atoms with Crippen molar-refractivity contribution < 1.29 is 14.9 Å². The molecule has 0 unspecified atom stereocenters. The summed E-state index contributed by atoms with van der Waals surface area (Å²) in [5.41, 5.74) is 8.59. The zero-order valence-electron chi connectivity index (χ0n) is 10.3. The van der Waals surface area contributed by atoms with Gasteiger partial charge in [0, 0.05) is 0 Å². The van der Waals surface area contributed by atoms with Crippen LogP contribution in [0.4, 0.5) is 0 Å². The van der Waals surface area contributed by atoms with Gasteiger partial charge in [-0.25, -0.2) is 0 Å². The maximum atomic E-state index is 10.0. The number of hydrogen-bond donors (Lipinski definition) is 2. The fraction of sp³-hybridized carbons (Fsp3) is 0.500. The summed E-state index contributed by atoms with van der Waals surface area (Å²) in [4.78, 5) is 2.75. The Hall–Kier alpha value is -1.07. The molecule has 0 aromatic heterocycles. The molecule has 0 amide bonds. The van der Waals surface area contributed by atoms with Crippen LogP contribution in [-0.2, 0) is 4.74 Å². The summed E-state index contributed by atoms with van der Waals surface area (Å²) in [5, 5.41) is 23.0. The summed E-state index contributed by atoms with van der Waals surface area (Å²) in [6.45, 7) is 1.70. The van der Waals surface area contributed by atoms with Crippen molar-refractivity contribution in [1.82, 2.24) is 0 Å². The molecule has 1 aliphatic heterocycles. The Morgan fingerprint density at radius 2 is 1.95 bits per heavy atom. The van der Waals surface area contributed by atoms with Crippen molar-refractivity contribution in [3.63, 3.8) is 0 Å². The molecule has 1 fully saturated rings. The molecule has 0 saturated carbocycles. The molecule has 1 saturated heterocycles. The number of aliphatic hydroxyl groups excluding tert-OH is 2. The summed E-state index contributed by atoms with van der Waals surface area (Å²) < 4.78 is 6.78. The molecule has 5 atom stereocenters. The molecule has 7 heteroatoms. The number of rotatable bonds is 3. The van der Waals surface area contributed by atoms with Gasteiger partial charge in [0.2, 0.25) is 0 Å². The summed E-state index contributed by atoms with van der Waals surface area (Å²) in [6, 6.07) is 8.97. The second kappa shape index (κ2) is 6.39. The van der Waals surface area contributed by atoms with Crippen LogP contribution in [0.1, 0.15) is 6.92 Å². The van der Waals surface area contributed by atoms with E-state index in [9.17, 15) is 10.2 Å². The summed E-state index contributed by atoms with van der Waals surface area (Å²) >= 11 is -0.102. The van der Waals surface area contributed by atoms with E-state index < -0.39 is 24.4 Å². The number of ether oxygens (including phenoxy) is 1. The normalized spacial score (nSPS) is 34.6. The van der Waals surface area contributed by atoms with Crippen LogP contribution >= 0.6 is 0 Å². The van der Waals surface area contributed by atoms with Crippen LogP contribution < -0.4 is 4.46 Å². The van der Waals surface area contributed by atoms with E-state index in [4.69, 9.17) is 10.3 Å². The zero-order chi connectivity index (χ0) is 13.8. The molecule has 1 aromatic rings. The number of aliphatic hydroxyl groups is 2. The fourth-order valence-electron chi connectivity index (χ4n) is 1.93. The molecular weight excluding hydrogens is 313 g/mol. The minimum atomic E-state index is -1.09. The van der Waals surface area contributed by atoms with Crippen LogP contribution in [-0.4, -0.2) is 54.5 Å². The van der Waals surface area contributed by atoms with Gasteiger partial charge in [0.25, 0.3) is 0 Å². The Bertz CT molecular complexity index is 467. The predicted molar refractivity (Wildman–Crippen MR) is 71.1 cm³/mol. The Kier molecular flexibility index (Phi) is 4.82. The van der Waals surface area contributed by atoms with E-state index in [1.807, 2.05) is 30.3 Å². The maximum absolute atomic E-state index is 10.0. The first-order valence-corrected chi connectivity index (χ1v) is 7.75. The van der Waals surface area contributed by atoms with Crippen LogP contribution in [0, 0.1) is 0 Å². The Morgan fingerprint density at radius 1 is 1.26 bits per heavy atom. The third kappa shape index (κ3) is 3.28. The second-order valence-corrected chi connectivity index (χ2v) is 6.78. The number of hydrogen-bond acceptors (Lipinski definition) is 4. The number of benzene rings is 1. The van der Waals surface area contributed by atoms with Crippen molar-refractivity contribution in [3.8, 4) is 0 Å². The molecule has 102 valence electrons. The second-order valence-electron chi connectivity index (χ2n) is 4.32. The van der Waals surface area contributed by atoms with Crippen LogP contribution in [0.25, 0.3) is 10.4 Å². The van der Waals surface area contributed by atoms with E-state index in [2.05, 4.69) is 10.0 Å². The zero-order valence-corrected chi connectivity index (χ0v) is 12.0. The molecule has 0 radical (unpaired) electrons. The third-order valence-electron chi connectivity index (χ3n) is 2.99. The van der Waals surface area contributed by atoms with Crippen LogP contribution in [0.2, 0.25) is 0 Å². The molecule has 19 heavy (non-hydrogen) atoms. The van der Waals surface area contributed by atoms with Gasteiger partial charge in [-0.05, 0) is 0 Å². The molecule has 0 aliphatic carbocycles. The van der Waals surface area contributed by atoms with E-state index in [0.29, 0.717) is 0 Å². The molecule has 2 N–H and O–H groups in total. The van der Waals surface area contributed by atoms with Crippen LogP contribution in [0.15, 0.2) is 35.4 Å². The Morgan fingerprint density at radius 3 is 2.58 bits per heavy atom. The van der Waals surface area contributed by atoms with Gasteiger partial charge < -0.3 is 0 Å². The van der Waals surface area contributed by atoms with E-state index in [1.54, 1.807) is 6.92 Å². The summed E-state index contributed by atoms with van der Waals surface area (Å²) in [5.74, 6) is 0. The topological polar surface area (TPSA) is 98.5 Å². The monoisotopic (exact) mass is 329 g/mol. The molecule has 0 spiro atoms. The summed E-state index contributed by atoms with van der Waals surface area (Å²) in [6.07, 6.45) is -2.59. The van der Waals surface area contributed by atoms with Crippen LogP contribution in [0.3, 0.4) is 0 Å². The first-order valence-electron chi connectivity index (χ1n) is 5.91. The van der Waals surface area contributed by atoms with E-state index in [0.717, 1.165) is 4.46 Å². The van der Waals surface area contributed by atoms with Crippen LogP contribution in [0.5, 0.6) is 0 Å². The Balaban J connectivity index is 2.18.